The van der Waals surface area contributed by atoms with Gasteiger partial charge < -0.3 is 10.0 Å². The fraction of sp³-hybridized carbons (Fsp3) is 0.938. The van der Waals surface area contributed by atoms with E-state index < -0.39 is 0 Å². The molecule has 3 unspecified atom stereocenters. The van der Waals surface area contributed by atoms with Crippen molar-refractivity contribution in [3.8, 4) is 0 Å². The van der Waals surface area contributed by atoms with E-state index in [1.807, 2.05) is 11.8 Å². The van der Waals surface area contributed by atoms with E-state index in [-0.39, 0.29) is 23.5 Å². The van der Waals surface area contributed by atoms with Gasteiger partial charge in [0.25, 0.3) is 0 Å². The average Bonchev–Trinajstić information content (AvgIpc) is 2.61. The van der Waals surface area contributed by atoms with Gasteiger partial charge in [0.05, 0.1) is 6.10 Å². The summed E-state index contributed by atoms with van der Waals surface area (Å²) < 4.78 is 0. The molecule has 1 aliphatic rings. The van der Waals surface area contributed by atoms with Gasteiger partial charge in [-0.1, -0.05) is 27.7 Å². The second-order valence-electron chi connectivity index (χ2n) is 7.54. The highest BCUT2D eigenvalue weighted by molar-refractivity contribution is 5.77. The van der Waals surface area contributed by atoms with E-state index in [1.54, 1.807) is 0 Å². The minimum absolute atomic E-state index is 0.259. The second-order valence-corrected chi connectivity index (χ2v) is 7.54. The Morgan fingerprint density at radius 1 is 1.37 bits per heavy atom. The monoisotopic (exact) mass is 269 g/mol. The van der Waals surface area contributed by atoms with Crippen molar-refractivity contribution < 1.29 is 9.90 Å². The number of likely N-dealkylation sites (tertiary alicyclic amines) is 1. The molecule has 3 heteroatoms. The Bertz CT molecular complexity index is 294. The smallest absolute Gasteiger partial charge is 0.223 e. The normalized spacial score (nSPS) is 23.5. The molecule has 0 aliphatic carbocycles. The molecule has 0 spiro atoms. The lowest BCUT2D eigenvalue weighted by atomic mass is 9.84. The van der Waals surface area contributed by atoms with Crippen LogP contribution in [0.3, 0.4) is 0 Å². The number of carbonyl (C=O) groups excluding carboxylic acids is 1. The number of aliphatic hydroxyl groups excluding tert-OH is 1. The lowest BCUT2D eigenvalue weighted by Gasteiger charge is -2.28. The molecule has 0 aromatic rings. The summed E-state index contributed by atoms with van der Waals surface area (Å²) in [5.41, 5.74) is 0.281. The molecule has 1 aliphatic heterocycles. The standard InChI is InChI=1S/C16H31NO2/c1-12(11-16(3,4)5)9-15(19)17-8-6-7-14(17)10-13(2)18/h12-14,18H,6-11H2,1-5H3. The van der Waals surface area contributed by atoms with Crippen LogP contribution in [0.2, 0.25) is 0 Å². The van der Waals surface area contributed by atoms with Crippen molar-refractivity contribution in [3.05, 3.63) is 0 Å². The highest BCUT2D eigenvalue weighted by Gasteiger charge is 2.30. The Labute approximate surface area is 118 Å². The Kier molecular flexibility index (Phi) is 5.84. The zero-order valence-electron chi connectivity index (χ0n) is 13.3. The number of hydrogen-bond acceptors (Lipinski definition) is 2. The summed E-state index contributed by atoms with van der Waals surface area (Å²) in [4.78, 5) is 14.4. The van der Waals surface area contributed by atoms with Crippen molar-refractivity contribution in [3.63, 3.8) is 0 Å². The molecule has 0 bridgehead atoms. The first kappa shape index (κ1) is 16.5. The first-order chi connectivity index (χ1) is 8.69. The molecule has 1 saturated heterocycles. The highest BCUT2D eigenvalue weighted by Crippen LogP contribution is 2.28. The lowest BCUT2D eigenvalue weighted by Crippen LogP contribution is -2.38. The lowest BCUT2D eigenvalue weighted by molar-refractivity contribution is -0.133. The number of amides is 1. The molecule has 1 rings (SSSR count). The van der Waals surface area contributed by atoms with Crippen LogP contribution in [0.15, 0.2) is 0 Å². The third-order valence-corrected chi connectivity index (χ3v) is 3.79. The van der Waals surface area contributed by atoms with Crippen molar-refractivity contribution in [2.45, 2.75) is 78.9 Å². The zero-order chi connectivity index (χ0) is 14.6. The Morgan fingerprint density at radius 3 is 2.53 bits per heavy atom. The molecule has 1 amide bonds. The molecule has 0 saturated carbocycles. The average molecular weight is 269 g/mol. The van der Waals surface area contributed by atoms with E-state index >= 15 is 0 Å². The molecule has 1 heterocycles. The van der Waals surface area contributed by atoms with Gasteiger partial charge in [-0.25, -0.2) is 0 Å². The summed E-state index contributed by atoms with van der Waals surface area (Å²) in [6, 6.07) is 0.259. The quantitative estimate of drug-likeness (QED) is 0.832. The number of hydrogen-bond donors (Lipinski definition) is 1. The summed E-state index contributed by atoms with van der Waals surface area (Å²) in [6.45, 7) is 11.5. The van der Waals surface area contributed by atoms with Crippen LogP contribution in [0.5, 0.6) is 0 Å². The predicted molar refractivity (Wildman–Crippen MR) is 78.9 cm³/mol. The summed E-state index contributed by atoms with van der Waals surface area (Å²) in [5, 5.41) is 9.51. The van der Waals surface area contributed by atoms with E-state index in [4.69, 9.17) is 0 Å². The van der Waals surface area contributed by atoms with Gasteiger partial charge >= 0.3 is 0 Å². The minimum Gasteiger partial charge on any atom is -0.393 e. The zero-order valence-corrected chi connectivity index (χ0v) is 13.3. The highest BCUT2D eigenvalue weighted by atomic mass is 16.3. The van der Waals surface area contributed by atoms with Crippen LogP contribution in [0.25, 0.3) is 0 Å². The molecule has 3 nitrogen and oxygen atoms in total. The number of nitrogens with zero attached hydrogens (tertiary/aromatic N) is 1. The van der Waals surface area contributed by atoms with Gasteiger partial charge in [-0.15, -0.1) is 0 Å². The molecule has 19 heavy (non-hydrogen) atoms. The largest absolute Gasteiger partial charge is 0.393 e. The van der Waals surface area contributed by atoms with Crippen molar-refractivity contribution in [2.24, 2.45) is 11.3 Å². The summed E-state index contributed by atoms with van der Waals surface area (Å²) in [7, 11) is 0. The van der Waals surface area contributed by atoms with E-state index in [0.29, 0.717) is 12.3 Å². The molecular formula is C16H31NO2. The molecule has 1 fully saturated rings. The number of carbonyl (C=O) groups is 1. The van der Waals surface area contributed by atoms with E-state index in [1.165, 1.54) is 0 Å². The Hall–Kier alpha value is -0.570. The SMILES string of the molecule is CC(O)CC1CCCN1C(=O)CC(C)CC(C)(C)C. The predicted octanol–water partition coefficient (Wildman–Crippen LogP) is 3.21. The number of rotatable bonds is 5. The maximum absolute atomic E-state index is 12.4. The molecule has 0 aromatic carbocycles. The molecule has 3 atom stereocenters. The van der Waals surface area contributed by atoms with Crippen LogP contribution < -0.4 is 0 Å². The van der Waals surface area contributed by atoms with Gasteiger partial charge in [0.15, 0.2) is 0 Å². The topological polar surface area (TPSA) is 40.5 Å². The Balaban J connectivity index is 2.48. The third kappa shape index (κ3) is 5.94. The van der Waals surface area contributed by atoms with Gasteiger partial charge in [0.1, 0.15) is 0 Å². The maximum Gasteiger partial charge on any atom is 0.223 e. The van der Waals surface area contributed by atoms with Crippen molar-refractivity contribution >= 4 is 5.91 Å². The first-order valence-electron chi connectivity index (χ1n) is 7.66. The molecule has 0 radical (unpaired) electrons. The summed E-state index contributed by atoms with van der Waals surface area (Å²) in [5.74, 6) is 0.709. The van der Waals surface area contributed by atoms with Crippen LogP contribution in [-0.4, -0.2) is 34.6 Å². The van der Waals surface area contributed by atoms with Gasteiger partial charge in [0, 0.05) is 19.0 Å². The summed E-state index contributed by atoms with van der Waals surface area (Å²) in [6.07, 6.45) is 4.26. The van der Waals surface area contributed by atoms with Gasteiger partial charge in [-0.3, -0.25) is 4.79 Å². The van der Waals surface area contributed by atoms with Gasteiger partial charge in [-0.05, 0) is 43.9 Å². The van der Waals surface area contributed by atoms with Crippen molar-refractivity contribution in [1.82, 2.24) is 4.90 Å². The van der Waals surface area contributed by atoms with Crippen LogP contribution in [0.4, 0.5) is 0 Å². The molecule has 112 valence electrons. The van der Waals surface area contributed by atoms with Crippen LogP contribution >= 0.6 is 0 Å². The van der Waals surface area contributed by atoms with Crippen LogP contribution in [0, 0.1) is 11.3 Å². The third-order valence-electron chi connectivity index (χ3n) is 3.79. The van der Waals surface area contributed by atoms with Gasteiger partial charge in [-0.2, -0.15) is 0 Å². The van der Waals surface area contributed by atoms with E-state index in [9.17, 15) is 9.90 Å². The fourth-order valence-electron chi connectivity index (χ4n) is 3.34. The molecule has 0 aromatic heterocycles. The first-order valence-corrected chi connectivity index (χ1v) is 7.66. The van der Waals surface area contributed by atoms with Crippen molar-refractivity contribution in [2.75, 3.05) is 6.54 Å². The van der Waals surface area contributed by atoms with Crippen molar-refractivity contribution in [1.29, 1.82) is 0 Å². The van der Waals surface area contributed by atoms with E-state index in [2.05, 4.69) is 27.7 Å². The van der Waals surface area contributed by atoms with E-state index in [0.717, 1.165) is 32.2 Å². The molecular weight excluding hydrogens is 238 g/mol. The Morgan fingerprint density at radius 2 is 2.00 bits per heavy atom. The summed E-state index contributed by atoms with van der Waals surface area (Å²) >= 11 is 0. The molecule has 1 N–H and O–H groups in total. The van der Waals surface area contributed by atoms with Gasteiger partial charge in [0.2, 0.25) is 5.91 Å². The fourth-order valence-corrected chi connectivity index (χ4v) is 3.34. The second kappa shape index (κ2) is 6.74. The van der Waals surface area contributed by atoms with Crippen LogP contribution in [0.1, 0.15) is 66.7 Å². The van der Waals surface area contributed by atoms with Crippen LogP contribution in [-0.2, 0) is 4.79 Å². The number of aliphatic hydroxyl groups is 1. The maximum atomic E-state index is 12.4. The minimum atomic E-state index is -0.314.